The highest BCUT2D eigenvalue weighted by Gasteiger charge is 2.17. The SMILES string of the molecule is CCSc1ccc(C(C)NC(=O)[C@@H](N)CC(C)C)cc1. The van der Waals surface area contributed by atoms with Crippen molar-refractivity contribution in [1.82, 2.24) is 5.32 Å². The second-order valence-electron chi connectivity index (χ2n) is 5.47. The fourth-order valence-electron chi connectivity index (χ4n) is 2.04. The molecule has 112 valence electrons. The van der Waals surface area contributed by atoms with E-state index < -0.39 is 6.04 Å². The van der Waals surface area contributed by atoms with Crippen molar-refractivity contribution in [3.05, 3.63) is 29.8 Å². The fraction of sp³-hybridized carbons (Fsp3) is 0.562. The molecule has 2 atom stereocenters. The van der Waals surface area contributed by atoms with Gasteiger partial charge in [0.2, 0.25) is 5.91 Å². The first kappa shape index (κ1) is 17.1. The van der Waals surface area contributed by atoms with Crippen molar-refractivity contribution in [2.45, 2.75) is 51.1 Å². The van der Waals surface area contributed by atoms with Gasteiger partial charge in [0.05, 0.1) is 12.1 Å². The molecule has 0 fully saturated rings. The molecule has 1 aromatic rings. The molecule has 20 heavy (non-hydrogen) atoms. The predicted octanol–water partition coefficient (Wildman–Crippen LogP) is 3.35. The summed E-state index contributed by atoms with van der Waals surface area (Å²) < 4.78 is 0. The summed E-state index contributed by atoms with van der Waals surface area (Å²) in [5.74, 6) is 1.42. The molecule has 1 aromatic carbocycles. The quantitative estimate of drug-likeness (QED) is 0.758. The molecule has 0 bridgehead atoms. The van der Waals surface area contributed by atoms with Crippen molar-refractivity contribution in [2.24, 2.45) is 11.7 Å². The molecule has 0 aromatic heterocycles. The molecular formula is C16H26N2OS. The zero-order valence-corrected chi connectivity index (χ0v) is 13.7. The van der Waals surface area contributed by atoms with Gasteiger partial charge in [-0.05, 0) is 42.7 Å². The van der Waals surface area contributed by atoms with Crippen LogP contribution in [0.1, 0.15) is 45.7 Å². The van der Waals surface area contributed by atoms with Crippen LogP contribution in [0, 0.1) is 5.92 Å². The van der Waals surface area contributed by atoms with Crippen LogP contribution in [0.25, 0.3) is 0 Å². The molecule has 0 radical (unpaired) electrons. The van der Waals surface area contributed by atoms with Crippen LogP contribution >= 0.6 is 11.8 Å². The van der Waals surface area contributed by atoms with E-state index in [1.54, 1.807) is 0 Å². The number of thioether (sulfide) groups is 1. The maximum absolute atomic E-state index is 12.0. The van der Waals surface area contributed by atoms with E-state index in [4.69, 9.17) is 5.73 Å². The zero-order chi connectivity index (χ0) is 15.1. The number of rotatable bonds is 7. The summed E-state index contributed by atoms with van der Waals surface area (Å²) >= 11 is 1.81. The minimum atomic E-state index is -0.424. The van der Waals surface area contributed by atoms with Crippen LogP contribution in [0.3, 0.4) is 0 Å². The van der Waals surface area contributed by atoms with E-state index in [0.717, 1.165) is 11.3 Å². The van der Waals surface area contributed by atoms with Gasteiger partial charge in [-0.3, -0.25) is 4.79 Å². The van der Waals surface area contributed by atoms with Gasteiger partial charge in [-0.15, -0.1) is 11.8 Å². The molecule has 3 N–H and O–H groups in total. The molecule has 3 nitrogen and oxygen atoms in total. The summed E-state index contributed by atoms with van der Waals surface area (Å²) in [6.45, 7) is 8.26. The molecular weight excluding hydrogens is 268 g/mol. The zero-order valence-electron chi connectivity index (χ0n) is 12.8. The maximum Gasteiger partial charge on any atom is 0.237 e. The van der Waals surface area contributed by atoms with E-state index in [1.165, 1.54) is 4.90 Å². The molecule has 0 saturated heterocycles. The van der Waals surface area contributed by atoms with E-state index in [9.17, 15) is 4.79 Å². The topological polar surface area (TPSA) is 55.1 Å². The van der Waals surface area contributed by atoms with Gasteiger partial charge < -0.3 is 11.1 Å². The van der Waals surface area contributed by atoms with E-state index in [2.05, 4.69) is 50.4 Å². The Morgan fingerprint density at radius 2 is 1.85 bits per heavy atom. The molecule has 0 aliphatic rings. The number of nitrogens with two attached hydrogens (primary N) is 1. The second-order valence-corrected chi connectivity index (χ2v) is 6.81. The second kappa shape index (κ2) is 8.32. The summed E-state index contributed by atoms with van der Waals surface area (Å²) in [7, 11) is 0. The largest absolute Gasteiger partial charge is 0.348 e. The van der Waals surface area contributed by atoms with Crippen LogP contribution in [0.5, 0.6) is 0 Å². The Labute approximate surface area is 126 Å². The highest BCUT2D eigenvalue weighted by atomic mass is 32.2. The van der Waals surface area contributed by atoms with Crippen molar-refractivity contribution in [1.29, 1.82) is 0 Å². The Kier molecular flexibility index (Phi) is 7.10. The van der Waals surface area contributed by atoms with E-state index >= 15 is 0 Å². The summed E-state index contributed by atoms with van der Waals surface area (Å²) in [4.78, 5) is 13.2. The third kappa shape index (κ3) is 5.55. The number of hydrogen-bond acceptors (Lipinski definition) is 3. The molecule has 1 unspecified atom stereocenters. The summed E-state index contributed by atoms with van der Waals surface area (Å²) in [5, 5.41) is 2.98. The number of nitrogens with one attached hydrogen (secondary N) is 1. The smallest absolute Gasteiger partial charge is 0.237 e. The van der Waals surface area contributed by atoms with Crippen molar-refractivity contribution in [3.8, 4) is 0 Å². The number of benzene rings is 1. The van der Waals surface area contributed by atoms with Gasteiger partial charge in [-0.25, -0.2) is 0 Å². The number of carbonyl (C=O) groups is 1. The van der Waals surface area contributed by atoms with Gasteiger partial charge in [0.1, 0.15) is 0 Å². The summed E-state index contributed by atoms with van der Waals surface area (Å²) in [6.07, 6.45) is 0.713. The Hall–Kier alpha value is -1.00. The molecule has 0 saturated carbocycles. The van der Waals surface area contributed by atoms with Gasteiger partial charge in [0.15, 0.2) is 0 Å². The lowest BCUT2D eigenvalue weighted by atomic mass is 10.0. The van der Waals surface area contributed by atoms with Gasteiger partial charge in [0, 0.05) is 4.90 Å². The molecule has 0 heterocycles. The number of amides is 1. The first-order chi connectivity index (χ1) is 9.43. The van der Waals surface area contributed by atoms with Crippen LogP contribution in [-0.2, 0) is 4.79 Å². The summed E-state index contributed by atoms with van der Waals surface area (Å²) in [6, 6.07) is 7.89. The van der Waals surface area contributed by atoms with Gasteiger partial charge in [-0.1, -0.05) is 32.9 Å². The third-order valence-electron chi connectivity index (χ3n) is 3.11. The van der Waals surface area contributed by atoms with Gasteiger partial charge in [-0.2, -0.15) is 0 Å². The normalized spacial score (nSPS) is 14.1. The number of carbonyl (C=O) groups excluding carboxylic acids is 1. The average Bonchev–Trinajstić information content (AvgIpc) is 2.39. The Balaban J connectivity index is 2.57. The predicted molar refractivity (Wildman–Crippen MR) is 86.8 cm³/mol. The molecule has 0 spiro atoms. The average molecular weight is 294 g/mol. The Bertz CT molecular complexity index is 417. The highest BCUT2D eigenvalue weighted by molar-refractivity contribution is 7.99. The van der Waals surface area contributed by atoms with Crippen LogP contribution < -0.4 is 11.1 Å². The Morgan fingerprint density at radius 1 is 1.25 bits per heavy atom. The van der Waals surface area contributed by atoms with E-state index in [0.29, 0.717) is 12.3 Å². The lowest BCUT2D eigenvalue weighted by Crippen LogP contribution is -2.42. The summed E-state index contributed by atoms with van der Waals surface area (Å²) in [5.41, 5.74) is 7.00. The first-order valence-corrected chi connectivity index (χ1v) is 8.21. The molecule has 0 aliphatic heterocycles. The highest BCUT2D eigenvalue weighted by Crippen LogP contribution is 2.20. The van der Waals surface area contributed by atoms with Crippen LogP contribution in [0.4, 0.5) is 0 Å². The number of hydrogen-bond donors (Lipinski definition) is 2. The monoisotopic (exact) mass is 294 g/mol. The van der Waals surface area contributed by atoms with E-state index in [1.807, 2.05) is 18.7 Å². The molecule has 1 amide bonds. The first-order valence-electron chi connectivity index (χ1n) is 7.22. The lowest BCUT2D eigenvalue weighted by molar-refractivity contribution is -0.123. The van der Waals surface area contributed by atoms with Crippen molar-refractivity contribution in [3.63, 3.8) is 0 Å². The minimum absolute atomic E-state index is 0.0126. The molecule has 4 heteroatoms. The Morgan fingerprint density at radius 3 is 2.35 bits per heavy atom. The fourth-order valence-corrected chi connectivity index (χ4v) is 2.70. The van der Waals surface area contributed by atoms with Crippen molar-refractivity contribution < 1.29 is 4.79 Å². The van der Waals surface area contributed by atoms with Crippen LogP contribution in [-0.4, -0.2) is 17.7 Å². The lowest BCUT2D eigenvalue weighted by Gasteiger charge is -2.19. The van der Waals surface area contributed by atoms with Crippen LogP contribution in [0.15, 0.2) is 29.2 Å². The van der Waals surface area contributed by atoms with Crippen LogP contribution in [0.2, 0.25) is 0 Å². The maximum atomic E-state index is 12.0. The standard InChI is InChI=1S/C16H26N2OS/c1-5-20-14-8-6-13(7-9-14)12(4)18-16(19)15(17)10-11(2)3/h6-9,11-12,15H,5,10,17H2,1-4H3,(H,18,19)/t12?,15-/m0/s1. The third-order valence-corrected chi connectivity index (χ3v) is 4.01. The molecule has 0 aliphatic carbocycles. The van der Waals surface area contributed by atoms with E-state index in [-0.39, 0.29) is 11.9 Å². The minimum Gasteiger partial charge on any atom is -0.348 e. The molecule has 1 rings (SSSR count). The van der Waals surface area contributed by atoms with Gasteiger partial charge >= 0.3 is 0 Å². The van der Waals surface area contributed by atoms with Crippen molar-refractivity contribution >= 4 is 17.7 Å². The van der Waals surface area contributed by atoms with Gasteiger partial charge in [0.25, 0.3) is 0 Å². The van der Waals surface area contributed by atoms with Crippen molar-refractivity contribution in [2.75, 3.05) is 5.75 Å².